The van der Waals surface area contributed by atoms with Gasteiger partial charge in [-0.25, -0.2) is 40.5 Å². The SMILES string of the molecule is Cc1cc(C(F)(F)F)ccc1C1=C(CN2CCN(c3ccc(C(=O)CS(=O)(=O)c4ccc(N[C@H]5CCOC5)c([N+](=O)[O-])c4)c(Oc4cnc5[nH]ccc5c4)c3)CC2)CCC(C)(C)C1.Cl.NS(=O)(=O)c1ccc(F)c([N+](=O)[O-])c1.NS(=O)(=O)c1ccc(N[C@H]2CCOC2)c([N+](=O)[O-])c1.N[C@H]1CCOC1. The molecule has 4 saturated heterocycles. The van der Waals surface area contributed by atoms with Crippen LogP contribution in [0.15, 0.2) is 136 Å². The van der Waals surface area contributed by atoms with Crippen molar-refractivity contribution in [1.29, 1.82) is 0 Å². The topological polar surface area (TPSA) is 423 Å². The van der Waals surface area contributed by atoms with Crippen LogP contribution in [0.3, 0.4) is 0 Å². The maximum Gasteiger partial charge on any atom is 0.416 e. The largest absolute Gasteiger partial charge is 0.455 e. The number of aromatic amines is 1. The molecule has 29 nitrogen and oxygen atoms in total. The number of H-pyrrole nitrogens is 1. The first-order valence-electron chi connectivity index (χ1n) is 32.0. The molecular formula is C66H77ClF4N12O17S3. The third-order valence-electron chi connectivity index (χ3n) is 17.4. The maximum absolute atomic E-state index is 14.0. The quantitative estimate of drug-likeness (QED) is 0.0190. The zero-order valence-corrected chi connectivity index (χ0v) is 59.2. The van der Waals surface area contributed by atoms with Crippen LogP contribution in [0.4, 0.5) is 51.7 Å². The number of hydrogen-bond acceptors (Lipinski definition) is 23. The van der Waals surface area contributed by atoms with E-state index in [2.05, 4.69) is 44.2 Å². The highest BCUT2D eigenvalue weighted by Crippen LogP contribution is 2.45. The second-order valence-corrected chi connectivity index (χ2v) is 30.7. The number of Topliss-reactive ketones (excluding diaryl/α,β-unsaturated/α-hetero) is 1. The molecule has 103 heavy (non-hydrogen) atoms. The van der Waals surface area contributed by atoms with Crippen LogP contribution in [0.25, 0.3) is 16.6 Å². The van der Waals surface area contributed by atoms with E-state index in [4.69, 9.17) is 35.0 Å². The number of allylic oxidation sites excluding steroid dienone is 1. The number of aryl methyl sites for hydroxylation is 1. The zero-order chi connectivity index (χ0) is 74.1. The minimum atomic E-state index is -4.41. The zero-order valence-electron chi connectivity index (χ0n) is 55.9. The van der Waals surface area contributed by atoms with Crippen LogP contribution in [0.1, 0.15) is 79.4 Å². The first kappa shape index (κ1) is 79.9. The molecule has 0 radical (unpaired) electrons. The van der Waals surface area contributed by atoms with Crippen LogP contribution >= 0.6 is 12.4 Å². The molecule has 4 fully saturated rings. The summed E-state index contributed by atoms with van der Waals surface area (Å²) in [6.07, 6.45) is 3.87. The van der Waals surface area contributed by atoms with Crippen molar-refractivity contribution < 1.29 is 81.3 Å². The Morgan fingerprint density at radius 2 is 1.29 bits per heavy atom. The minimum Gasteiger partial charge on any atom is -0.455 e. The fourth-order valence-electron chi connectivity index (χ4n) is 11.9. The van der Waals surface area contributed by atoms with Crippen LogP contribution in [-0.4, -0.2) is 157 Å². The van der Waals surface area contributed by atoms with E-state index >= 15 is 0 Å². The average Bonchev–Trinajstić information content (AvgIpc) is 1.23. The Bertz CT molecular complexity index is 4660. The number of fused-ring (bicyclic) bond motifs is 1. The van der Waals surface area contributed by atoms with E-state index < -0.39 is 90.0 Å². The molecule has 1 aliphatic carbocycles. The van der Waals surface area contributed by atoms with Crippen LogP contribution in [0.2, 0.25) is 0 Å². The van der Waals surface area contributed by atoms with E-state index in [0.29, 0.717) is 101 Å². The normalized spacial score (nSPS) is 18.4. The monoisotopic (exact) mass is 1520 g/mol. The number of hydrogen-bond donors (Lipinski definition) is 6. The Morgan fingerprint density at radius 3 is 1.82 bits per heavy atom. The van der Waals surface area contributed by atoms with Crippen molar-refractivity contribution in [3.05, 3.63) is 180 Å². The van der Waals surface area contributed by atoms with Crippen LogP contribution < -0.4 is 36.3 Å². The number of nitrogens with zero attached hydrogens (tertiary/aromatic N) is 6. The molecule has 2 aromatic heterocycles. The summed E-state index contributed by atoms with van der Waals surface area (Å²) in [5.74, 6) is -2.37. The third-order valence-corrected chi connectivity index (χ3v) is 20.8. The van der Waals surface area contributed by atoms with Gasteiger partial charge in [0.15, 0.2) is 15.6 Å². The molecule has 4 aliphatic heterocycles. The summed E-state index contributed by atoms with van der Waals surface area (Å²) in [5.41, 5.74) is 8.79. The van der Waals surface area contributed by atoms with Crippen molar-refractivity contribution in [2.75, 3.05) is 93.7 Å². The van der Waals surface area contributed by atoms with E-state index in [1.54, 1.807) is 43.5 Å². The van der Waals surface area contributed by atoms with Crippen molar-refractivity contribution in [3.8, 4) is 11.5 Å². The number of rotatable bonds is 19. The molecule has 7 aromatic rings. The molecule has 0 amide bonds. The standard InChI is InChI=1S/C46H49F3N6O7S.C10H13N3O5S.C6H5FN2O4S.C4H9NO.ClH/c1-29-20-32(46(47,48)49)4-7-37(29)39-24-45(2,3)13-10-31(39)26-53-15-17-54(18-16-53)34-5-8-38(43(22-34)62-35-21-30-11-14-50-44(30)51-25-35)42(56)28-63(59,60)36-6-9-40(41(23-36)55(57)58)52-33-12-19-61-27-33;11-19(16,17)8-1-2-9(10(5-8)13(14)15)12-7-3-4-18-6-7;7-5-2-1-4(14(8,12)13)3-6(5)9(10)11;5-4-1-2-6-3-4;/h4-9,11,14,20-23,25,33,52H,10,12-13,15-19,24,26-28H2,1-3H3,(H,50,51);1-2,5,7,12H,3-4,6H2,(H2,11,16,17);1-3H,(H2,8,12,13);4H,1-3,5H2;1H/t33-;7-;;4-;/m00.0./s1. The van der Waals surface area contributed by atoms with Gasteiger partial charge in [-0.15, -0.1) is 12.4 Å². The minimum absolute atomic E-state index is 0. The second kappa shape index (κ2) is 33.7. The lowest BCUT2D eigenvalue weighted by molar-refractivity contribution is -0.387. The van der Waals surface area contributed by atoms with Gasteiger partial charge in [0.05, 0.1) is 78.7 Å². The van der Waals surface area contributed by atoms with Gasteiger partial charge in [0.25, 0.3) is 11.4 Å². The number of benzene rings is 5. The second-order valence-electron chi connectivity index (χ2n) is 25.6. The van der Waals surface area contributed by atoms with Crippen molar-refractivity contribution >= 4 is 98.8 Å². The summed E-state index contributed by atoms with van der Waals surface area (Å²) in [5, 5.41) is 49.7. The van der Waals surface area contributed by atoms with Gasteiger partial charge >= 0.3 is 11.9 Å². The van der Waals surface area contributed by atoms with E-state index in [1.807, 2.05) is 6.07 Å². The lowest BCUT2D eigenvalue weighted by Crippen LogP contribution is -2.47. The molecule has 0 spiro atoms. The summed E-state index contributed by atoms with van der Waals surface area (Å²) in [6, 6.07) is 22.0. The Labute approximate surface area is 596 Å². The lowest BCUT2D eigenvalue weighted by Gasteiger charge is -2.39. The number of piperazine rings is 1. The average molecular weight is 1520 g/mol. The van der Waals surface area contributed by atoms with Crippen molar-refractivity contribution in [1.82, 2.24) is 14.9 Å². The summed E-state index contributed by atoms with van der Waals surface area (Å²) in [4.78, 5) is 55.7. The number of ketones is 1. The number of primary sulfonamides is 2. The fourth-order valence-corrected chi connectivity index (χ4v) is 14.2. The van der Waals surface area contributed by atoms with Gasteiger partial charge in [0.1, 0.15) is 34.3 Å². The molecule has 9 N–H and O–H groups in total. The maximum atomic E-state index is 14.0. The molecule has 0 unspecified atom stereocenters. The Morgan fingerprint density at radius 1 is 0.728 bits per heavy atom. The highest BCUT2D eigenvalue weighted by Gasteiger charge is 2.35. The fraction of sp³-hybridized carbons (Fsp3) is 0.394. The van der Waals surface area contributed by atoms with E-state index in [9.17, 15) is 78.0 Å². The number of sulfonamides is 2. The van der Waals surface area contributed by atoms with Gasteiger partial charge in [-0.1, -0.05) is 25.5 Å². The first-order chi connectivity index (χ1) is 48.0. The van der Waals surface area contributed by atoms with Crippen molar-refractivity contribution in [3.63, 3.8) is 0 Å². The number of carbonyl (C=O) groups is 1. The number of sulfone groups is 1. The number of alkyl halides is 3. The van der Waals surface area contributed by atoms with Gasteiger partial charge in [0, 0.05) is 100 Å². The predicted octanol–water partition coefficient (Wildman–Crippen LogP) is 10.2. The van der Waals surface area contributed by atoms with Crippen LogP contribution in [0.5, 0.6) is 11.5 Å². The van der Waals surface area contributed by atoms with Crippen LogP contribution in [0, 0.1) is 48.5 Å². The number of carbonyl (C=O) groups excluding carboxylic acids is 1. The van der Waals surface area contributed by atoms with Crippen molar-refractivity contribution in [2.45, 2.75) is 98.3 Å². The molecule has 6 heterocycles. The Balaban J connectivity index is 0.000000270. The highest BCUT2D eigenvalue weighted by molar-refractivity contribution is 7.92. The number of nitrogens with one attached hydrogen (secondary N) is 3. The number of nitro groups is 3. The van der Waals surface area contributed by atoms with Gasteiger partial charge < -0.3 is 45.2 Å². The first-order valence-corrected chi connectivity index (χ1v) is 36.7. The molecule has 37 heteroatoms. The number of pyridine rings is 1. The number of nitro benzene ring substituents is 3. The summed E-state index contributed by atoms with van der Waals surface area (Å²) in [6.45, 7) is 13.1. The summed E-state index contributed by atoms with van der Waals surface area (Å²) < 4.78 is 146. The molecule has 12 rings (SSSR count). The summed E-state index contributed by atoms with van der Waals surface area (Å²) >= 11 is 0. The molecule has 5 aromatic carbocycles. The molecule has 5 aliphatic rings. The number of anilines is 3. The Kier molecular flexibility index (Phi) is 26.2. The van der Waals surface area contributed by atoms with Crippen LogP contribution in [-0.2, 0) is 50.3 Å². The number of ether oxygens (including phenoxy) is 4. The smallest absolute Gasteiger partial charge is 0.416 e. The number of nitrogens with two attached hydrogens (primary N) is 3. The number of aromatic nitrogens is 2. The van der Waals surface area contributed by atoms with Gasteiger partial charge in [-0.3, -0.25) is 40.0 Å². The molecule has 0 saturated carbocycles. The highest BCUT2D eigenvalue weighted by atomic mass is 35.5. The lowest BCUT2D eigenvalue weighted by atomic mass is 9.72. The summed E-state index contributed by atoms with van der Waals surface area (Å²) in [7, 11) is -12.4. The molecule has 3 atom stereocenters. The van der Waals surface area contributed by atoms with E-state index in [1.165, 1.54) is 48.2 Å². The number of halogens is 5. The van der Waals surface area contributed by atoms with Gasteiger partial charge in [-0.05, 0) is 140 Å². The predicted molar refractivity (Wildman–Crippen MR) is 377 cm³/mol. The van der Waals surface area contributed by atoms with Gasteiger partial charge in [0.2, 0.25) is 25.9 Å². The van der Waals surface area contributed by atoms with Crippen molar-refractivity contribution in [2.24, 2.45) is 21.4 Å². The third kappa shape index (κ3) is 21.4. The molecule has 556 valence electrons. The van der Waals surface area contributed by atoms with E-state index in [-0.39, 0.29) is 68.1 Å². The molecule has 0 bridgehead atoms. The Hall–Kier alpha value is -8.82. The van der Waals surface area contributed by atoms with E-state index in [0.717, 1.165) is 85.7 Å². The molecular weight excluding hydrogens is 1440 g/mol. The van der Waals surface area contributed by atoms with Gasteiger partial charge in [-0.2, -0.15) is 17.6 Å².